The summed E-state index contributed by atoms with van der Waals surface area (Å²) in [5.74, 6) is -3.63. The normalized spacial score (nSPS) is 10.5. The molecular weight excluding hydrogens is 424 g/mol. The van der Waals surface area contributed by atoms with E-state index in [4.69, 9.17) is 5.26 Å². The van der Waals surface area contributed by atoms with Gasteiger partial charge in [-0.25, -0.2) is 9.29 Å². The number of hydrogen-bond acceptors (Lipinski definition) is 5. The molecule has 0 radical (unpaired) electrons. The molecule has 0 aliphatic rings. The van der Waals surface area contributed by atoms with Crippen molar-refractivity contribution in [2.75, 3.05) is 10.7 Å². The van der Waals surface area contributed by atoms with Gasteiger partial charge >= 0.3 is 6.18 Å². The standard InChI is InChI=1S/C16H12F4N2O3S.2C2H6/c1-9(16(18,19)20)5-15(25)22(10(2)24)13-7-14(26-4-3-23)11(8-21)6-12(13)17;2*1-2/h3,5-7H,4H2,1-2H3;2*1-2H3/b9-5+;;. The molecule has 0 atom stereocenters. The topological polar surface area (TPSA) is 78.2 Å². The van der Waals surface area contributed by atoms with Gasteiger partial charge in [-0.1, -0.05) is 27.7 Å². The second kappa shape index (κ2) is 14.3. The number of carbonyl (C=O) groups is 3. The summed E-state index contributed by atoms with van der Waals surface area (Å²) in [7, 11) is 0. The Hall–Kier alpha value is -2.67. The SMILES string of the molecule is CC.CC.CC(=O)N(C(=O)/C=C(\C)C(F)(F)F)c1cc(SCC=O)c(C#N)cc1F. The molecule has 1 aromatic carbocycles. The van der Waals surface area contributed by atoms with Crippen molar-refractivity contribution in [1.29, 1.82) is 5.26 Å². The summed E-state index contributed by atoms with van der Waals surface area (Å²) in [5, 5.41) is 9.00. The molecule has 0 bridgehead atoms. The van der Waals surface area contributed by atoms with E-state index in [0.29, 0.717) is 13.2 Å². The number of anilines is 1. The number of hydrogen-bond donors (Lipinski definition) is 0. The van der Waals surface area contributed by atoms with Crippen LogP contribution >= 0.6 is 11.8 Å². The average Bonchev–Trinajstić information content (AvgIpc) is 2.70. The van der Waals surface area contributed by atoms with Crippen LogP contribution in [0.1, 0.15) is 47.1 Å². The predicted octanol–water partition coefficient (Wildman–Crippen LogP) is 5.43. The van der Waals surface area contributed by atoms with Gasteiger partial charge < -0.3 is 4.79 Å². The molecule has 0 spiro atoms. The first-order chi connectivity index (χ1) is 14.0. The third kappa shape index (κ3) is 8.78. The molecule has 1 rings (SSSR count). The number of aldehydes is 1. The van der Waals surface area contributed by atoms with Crippen molar-refractivity contribution >= 4 is 35.5 Å². The van der Waals surface area contributed by atoms with Gasteiger partial charge in [-0.15, -0.1) is 11.8 Å². The molecule has 0 fully saturated rings. The lowest BCUT2D eigenvalue weighted by Crippen LogP contribution is -2.35. The lowest BCUT2D eigenvalue weighted by molar-refractivity contribution is -0.123. The number of rotatable bonds is 5. The second-order valence-electron chi connectivity index (χ2n) is 4.91. The Morgan fingerprint density at radius 2 is 1.70 bits per heavy atom. The van der Waals surface area contributed by atoms with E-state index in [2.05, 4.69) is 0 Å². The van der Waals surface area contributed by atoms with Gasteiger partial charge in [-0.2, -0.15) is 18.4 Å². The maximum absolute atomic E-state index is 14.3. The molecule has 0 saturated heterocycles. The fraction of sp³-hybridized carbons (Fsp3) is 0.400. The summed E-state index contributed by atoms with van der Waals surface area (Å²) in [6.45, 7) is 9.52. The second-order valence-corrected chi connectivity index (χ2v) is 5.97. The van der Waals surface area contributed by atoms with Crippen LogP contribution in [0.3, 0.4) is 0 Å². The maximum atomic E-state index is 14.3. The lowest BCUT2D eigenvalue weighted by atomic mass is 10.1. The fourth-order valence-electron chi connectivity index (χ4n) is 1.82. The monoisotopic (exact) mass is 448 g/mol. The number of thioether (sulfide) groups is 1. The first-order valence-electron chi connectivity index (χ1n) is 8.93. The third-order valence-electron chi connectivity index (χ3n) is 3.04. The minimum absolute atomic E-state index is 0.0825. The summed E-state index contributed by atoms with van der Waals surface area (Å²) >= 11 is 0.852. The molecule has 1 aromatic rings. The van der Waals surface area contributed by atoms with E-state index in [0.717, 1.165) is 30.8 Å². The Bertz CT molecular complexity index is 815. The first kappa shape index (κ1) is 29.5. The van der Waals surface area contributed by atoms with E-state index in [9.17, 15) is 31.9 Å². The van der Waals surface area contributed by atoms with Gasteiger partial charge in [-0.05, 0) is 19.1 Å². The number of halogens is 4. The molecule has 0 aliphatic carbocycles. The van der Waals surface area contributed by atoms with Gasteiger partial charge in [-0.3, -0.25) is 9.59 Å². The van der Waals surface area contributed by atoms with Crippen LogP contribution in [-0.2, 0) is 14.4 Å². The Labute approximate surface area is 177 Å². The molecule has 5 nitrogen and oxygen atoms in total. The molecule has 2 amide bonds. The van der Waals surface area contributed by atoms with E-state index < -0.39 is 35.1 Å². The Balaban J connectivity index is 0. The highest BCUT2D eigenvalue weighted by Gasteiger charge is 2.32. The van der Waals surface area contributed by atoms with Crippen molar-refractivity contribution in [2.45, 2.75) is 52.6 Å². The summed E-state index contributed by atoms with van der Waals surface area (Å²) in [4.78, 5) is 34.7. The molecule has 0 aromatic heterocycles. The molecule has 0 heterocycles. The number of nitrogens with zero attached hydrogens (tertiary/aromatic N) is 2. The quantitative estimate of drug-likeness (QED) is 0.260. The van der Waals surface area contributed by atoms with Crippen molar-refractivity contribution in [3.05, 3.63) is 35.2 Å². The molecule has 30 heavy (non-hydrogen) atoms. The Kier molecular flexibility index (Phi) is 14.1. The van der Waals surface area contributed by atoms with E-state index in [1.54, 1.807) is 6.07 Å². The molecule has 10 heteroatoms. The summed E-state index contributed by atoms with van der Waals surface area (Å²) in [5.41, 5.74) is -2.02. The van der Waals surface area contributed by atoms with E-state index in [1.165, 1.54) is 0 Å². The zero-order valence-corrected chi connectivity index (χ0v) is 18.4. The minimum Gasteiger partial charge on any atom is -0.302 e. The van der Waals surface area contributed by atoms with E-state index in [-0.39, 0.29) is 27.2 Å². The van der Waals surface area contributed by atoms with Gasteiger partial charge in [0.25, 0.3) is 5.91 Å². The Morgan fingerprint density at radius 3 is 2.10 bits per heavy atom. The summed E-state index contributed by atoms with van der Waals surface area (Å²) in [6.07, 6.45) is -4.08. The van der Waals surface area contributed by atoms with Gasteiger partial charge in [0.2, 0.25) is 5.91 Å². The van der Waals surface area contributed by atoms with Gasteiger partial charge in [0, 0.05) is 23.5 Å². The number of benzene rings is 1. The third-order valence-corrected chi connectivity index (χ3v) is 3.99. The Morgan fingerprint density at radius 1 is 1.17 bits per heavy atom. The van der Waals surface area contributed by atoms with E-state index >= 15 is 0 Å². The number of amides is 2. The number of carbonyl (C=O) groups excluding carboxylic acids is 3. The van der Waals surface area contributed by atoms with Crippen LogP contribution in [0.5, 0.6) is 0 Å². The van der Waals surface area contributed by atoms with Crippen LogP contribution in [0.25, 0.3) is 0 Å². The van der Waals surface area contributed by atoms with Crippen molar-refractivity contribution in [3.63, 3.8) is 0 Å². The van der Waals surface area contributed by atoms with Crippen molar-refractivity contribution in [1.82, 2.24) is 0 Å². The molecule has 0 N–H and O–H groups in total. The molecular formula is C20H24F4N2O3S. The first-order valence-corrected chi connectivity index (χ1v) is 9.91. The van der Waals surface area contributed by atoms with Crippen LogP contribution in [0.4, 0.5) is 23.2 Å². The summed E-state index contributed by atoms with van der Waals surface area (Å²) in [6, 6.07) is 3.41. The predicted molar refractivity (Wildman–Crippen MR) is 109 cm³/mol. The fourth-order valence-corrected chi connectivity index (χ4v) is 2.52. The maximum Gasteiger partial charge on any atom is 0.412 e. The van der Waals surface area contributed by atoms with Crippen molar-refractivity contribution < 1.29 is 31.9 Å². The van der Waals surface area contributed by atoms with Gasteiger partial charge in [0.1, 0.15) is 18.2 Å². The van der Waals surface area contributed by atoms with Gasteiger partial charge in [0.15, 0.2) is 0 Å². The average molecular weight is 448 g/mol. The minimum atomic E-state index is -4.79. The summed E-state index contributed by atoms with van der Waals surface area (Å²) < 4.78 is 52.0. The largest absolute Gasteiger partial charge is 0.412 e. The van der Waals surface area contributed by atoms with Crippen LogP contribution in [-0.4, -0.2) is 30.0 Å². The zero-order valence-electron chi connectivity index (χ0n) is 17.6. The van der Waals surface area contributed by atoms with Gasteiger partial charge in [0.05, 0.1) is 17.0 Å². The van der Waals surface area contributed by atoms with Crippen LogP contribution in [0, 0.1) is 17.1 Å². The highest BCUT2D eigenvalue weighted by Crippen LogP contribution is 2.31. The van der Waals surface area contributed by atoms with E-state index in [1.807, 2.05) is 27.7 Å². The number of allylic oxidation sites excluding steroid dienone is 1. The van der Waals surface area contributed by atoms with Crippen molar-refractivity contribution in [2.24, 2.45) is 0 Å². The number of alkyl halides is 3. The number of imide groups is 1. The molecule has 0 saturated carbocycles. The highest BCUT2D eigenvalue weighted by molar-refractivity contribution is 8.00. The lowest BCUT2D eigenvalue weighted by Gasteiger charge is -2.20. The van der Waals surface area contributed by atoms with Crippen molar-refractivity contribution in [3.8, 4) is 6.07 Å². The zero-order chi connectivity index (χ0) is 24.1. The molecule has 0 aliphatic heterocycles. The van der Waals surface area contributed by atoms with Crippen LogP contribution in [0.2, 0.25) is 0 Å². The number of nitriles is 1. The highest BCUT2D eigenvalue weighted by atomic mass is 32.2. The van der Waals surface area contributed by atoms with Crippen LogP contribution < -0.4 is 4.90 Å². The molecule has 166 valence electrons. The van der Waals surface area contributed by atoms with Crippen LogP contribution in [0.15, 0.2) is 28.7 Å². The smallest absolute Gasteiger partial charge is 0.302 e. The molecule has 0 unspecified atom stereocenters.